The zero-order valence-electron chi connectivity index (χ0n) is 13.9. The number of imide groups is 1. The molecule has 3 atom stereocenters. The summed E-state index contributed by atoms with van der Waals surface area (Å²) in [5.74, 6) is -0.469. The third-order valence-electron chi connectivity index (χ3n) is 4.52. The van der Waals surface area contributed by atoms with Crippen molar-refractivity contribution >= 4 is 17.9 Å². The van der Waals surface area contributed by atoms with Gasteiger partial charge in [-0.3, -0.25) is 9.69 Å². The number of nitrogens with one attached hydrogen (secondary N) is 1. The van der Waals surface area contributed by atoms with Gasteiger partial charge < -0.3 is 14.8 Å². The van der Waals surface area contributed by atoms with Crippen LogP contribution in [0, 0.1) is 0 Å². The molecule has 3 rings (SSSR count). The van der Waals surface area contributed by atoms with Gasteiger partial charge in [-0.15, -0.1) is 0 Å². The first-order valence-electron chi connectivity index (χ1n) is 8.00. The van der Waals surface area contributed by atoms with Gasteiger partial charge in [0.05, 0.1) is 0 Å². The summed E-state index contributed by atoms with van der Waals surface area (Å²) in [6.07, 6.45) is -1.07. The Labute approximate surface area is 139 Å². The van der Waals surface area contributed by atoms with Crippen molar-refractivity contribution in [1.82, 2.24) is 10.2 Å². The number of carbonyl (C=O) groups is 3. The summed E-state index contributed by atoms with van der Waals surface area (Å²) in [6, 6.07) is 4.84. The van der Waals surface area contributed by atoms with Crippen molar-refractivity contribution in [3.05, 3.63) is 29.3 Å². The summed E-state index contributed by atoms with van der Waals surface area (Å²) in [6.45, 7) is 6.11. The molecule has 2 aliphatic heterocycles. The molecule has 0 bridgehead atoms. The maximum atomic E-state index is 12.5. The van der Waals surface area contributed by atoms with Gasteiger partial charge in [-0.1, -0.05) is 19.1 Å². The molecule has 3 unspecified atom stereocenters. The molecule has 0 radical (unpaired) electrons. The lowest BCUT2D eigenvalue weighted by atomic mass is 9.97. The molecule has 0 saturated carbocycles. The summed E-state index contributed by atoms with van der Waals surface area (Å²) in [7, 11) is 0. The van der Waals surface area contributed by atoms with Crippen LogP contribution in [0.15, 0.2) is 18.2 Å². The van der Waals surface area contributed by atoms with Gasteiger partial charge in [-0.2, -0.15) is 0 Å². The highest BCUT2D eigenvalue weighted by Gasteiger charge is 2.34. The molecular weight excluding hydrogens is 312 g/mol. The van der Waals surface area contributed by atoms with Crippen LogP contribution in [0.2, 0.25) is 0 Å². The molecule has 0 spiro atoms. The van der Waals surface area contributed by atoms with Crippen LogP contribution in [-0.4, -0.2) is 48.1 Å². The molecule has 1 aromatic rings. The molecule has 2 aliphatic rings. The smallest absolute Gasteiger partial charge is 0.342 e. The second kappa shape index (κ2) is 6.14. The Hall–Kier alpha value is -2.57. The maximum Gasteiger partial charge on any atom is 0.342 e. The summed E-state index contributed by atoms with van der Waals surface area (Å²) in [4.78, 5) is 37.3. The molecule has 24 heavy (non-hydrogen) atoms. The van der Waals surface area contributed by atoms with Crippen LogP contribution in [0.5, 0.6) is 5.75 Å². The van der Waals surface area contributed by atoms with Crippen LogP contribution >= 0.6 is 0 Å². The van der Waals surface area contributed by atoms with Gasteiger partial charge in [0.25, 0.3) is 5.91 Å². The lowest BCUT2D eigenvalue weighted by molar-refractivity contribution is -0.136. The summed E-state index contributed by atoms with van der Waals surface area (Å²) < 4.78 is 11.0. The highest BCUT2D eigenvalue weighted by molar-refractivity contribution is 6.00. The first-order valence-corrected chi connectivity index (χ1v) is 8.00. The van der Waals surface area contributed by atoms with Crippen molar-refractivity contribution < 1.29 is 23.9 Å². The highest BCUT2D eigenvalue weighted by Crippen LogP contribution is 2.40. The van der Waals surface area contributed by atoms with E-state index in [0.29, 0.717) is 17.9 Å². The summed E-state index contributed by atoms with van der Waals surface area (Å²) in [5.41, 5.74) is 1.25. The molecule has 1 fully saturated rings. The normalized spacial score (nSPS) is 23.3. The molecule has 128 valence electrons. The number of para-hydroxylation sites is 1. The highest BCUT2D eigenvalue weighted by atomic mass is 16.6. The van der Waals surface area contributed by atoms with Crippen LogP contribution in [0.1, 0.15) is 42.6 Å². The summed E-state index contributed by atoms with van der Waals surface area (Å²) in [5, 5.41) is 2.54. The second-order valence-electron chi connectivity index (χ2n) is 6.10. The van der Waals surface area contributed by atoms with Crippen LogP contribution in [-0.2, 0) is 9.53 Å². The van der Waals surface area contributed by atoms with Crippen molar-refractivity contribution in [3.63, 3.8) is 0 Å². The fourth-order valence-electron chi connectivity index (χ4n) is 2.92. The van der Waals surface area contributed by atoms with Gasteiger partial charge in [0, 0.05) is 24.6 Å². The minimum Gasteiger partial charge on any atom is -0.489 e. The Morgan fingerprint density at radius 2 is 2.12 bits per heavy atom. The SMILES string of the molecule is CC(OC(=O)c1cccc2c1OC(C)C2C)C(=O)N1CCNC1=O. The zero-order chi connectivity index (χ0) is 17.4. The van der Waals surface area contributed by atoms with E-state index in [2.05, 4.69) is 5.32 Å². The summed E-state index contributed by atoms with van der Waals surface area (Å²) >= 11 is 0. The Balaban J connectivity index is 1.74. The molecule has 2 heterocycles. The Bertz CT molecular complexity index is 702. The fourth-order valence-corrected chi connectivity index (χ4v) is 2.92. The van der Waals surface area contributed by atoms with Gasteiger partial charge in [0.2, 0.25) is 0 Å². The van der Waals surface area contributed by atoms with Crippen molar-refractivity contribution in [2.75, 3.05) is 13.1 Å². The van der Waals surface area contributed by atoms with Gasteiger partial charge in [0.15, 0.2) is 6.10 Å². The number of benzene rings is 1. The van der Waals surface area contributed by atoms with Crippen molar-refractivity contribution in [1.29, 1.82) is 0 Å². The third-order valence-corrected chi connectivity index (χ3v) is 4.52. The fraction of sp³-hybridized carbons (Fsp3) is 0.471. The predicted octanol–water partition coefficient (Wildman–Crippen LogP) is 1.67. The number of fused-ring (bicyclic) bond motifs is 1. The molecule has 7 nitrogen and oxygen atoms in total. The number of esters is 1. The van der Waals surface area contributed by atoms with E-state index in [1.807, 2.05) is 19.9 Å². The van der Waals surface area contributed by atoms with Crippen molar-refractivity contribution in [3.8, 4) is 5.75 Å². The number of amides is 3. The number of hydrogen-bond acceptors (Lipinski definition) is 5. The van der Waals surface area contributed by atoms with E-state index in [9.17, 15) is 14.4 Å². The van der Waals surface area contributed by atoms with E-state index in [-0.39, 0.29) is 18.6 Å². The van der Waals surface area contributed by atoms with Crippen molar-refractivity contribution in [2.45, 2.75) is 38.9 Å². The van der Waals surface area contributed by atoms with Gasteiger partial charge >= 0.3 is 12.0 Å². The number of carbonyl (C=O) groups excluding carboxylic acids is 3. The second-order valence-corrected chi connectivity index (χ2v) is 6.10. The maximum absolute atomic E-state index is 12.5. The molecule has 7 heteroatoms. The van der Waals surface area contributed by atoms with E-state index < -0.39 is 24.0 Å². The van der Waals surface area contributed by atoms with Crippen LogP contribution in [0.25, 0.3) is 0 Å². The van der Waals surface area contributed by atoms with Gasteiger partial charge in [-0.25, -0.2) is 9.59 Å². The van der Waals surface area contributed by atoms with Crippen LogP contribution < -0.4 is 10.1 Å². The average molecular weight is 332 g/mol. The Morgan fingerprint density at radius 3 is 2.79 bits per heavy atom. The van der Waals surface area contributed by atoms with Crippen LogP contribution in [0.3, 0.4) is 0 Å². The Morgan fingerprint density at radius 1 is 1.38 bits per heavy atom. The minimum absolute atomic E-state index is 0.0266. The average Bonchev–Trinajstić information content (AvgIpc) is 3.10. The van der Waals surface area contributed by atoms with Crippen molar-refractivity contribution in [2.24, 2.45) is 0 Å². The topological polar surface area (TPSA) is 84.9 Å². The number of urea groups is 1. The lowest BCUT2D eigenvalue weighted by Gasteiger charge is -2.18. The number of hydrogen-bond donors (Lipinski definition) is 1. The third kappa shape index (κ3) is 2.70. The zero-order valence-corrected chi connectivity index (χ0v) is 13.9. The van der Waals surface area contributed by atoms with E-state index in [1.165, 1.54) is 6.92 Å². The standard InChI is InChI=1S/C17H20N2O5/c1-9-10(2)23-14-12(9)5-4-6-13(14)16(21)24-11(3)15(20)19-8-7-18-17(19)22/h4-6,9-11H,7-8H2,1-3H3,(H,18,22). The first-order chi connectivity index (χ1) is 11.4. The molecule has 1 aromatic carbocycles. The molecule has 1 saturated heterocycles. The number of ether oxygens (including phenoxy) is 2. The minimum atomic E-state index is -1.05. The molecular formula is C17H20N2O5. The van der Waals surface area contributed by atoms with E-state index in [1.54, 1.807) is 12.1 Å². The molecule has 3 amide bonds. The Kier molecular flexibility index (Phi) is 4.17. The monoisotopic (exact) mass is 332 g/mol. The van der Waals surface area contributed by atoms with E-state index in [4.69, 9.17) is 9.47 Å². The molecule has 0 aliphatic carbocycles. The van der Waals surface area contributed by atoms with Crippen LogP contribution in [0.4, 0.5) is 4.79 Å². The van der Waals surface area contributed by atoms with E-state index >= 15 is 0 Å². The quantitative estimate of drug-likeness (QED) is 0.851. The predicted molar refractivity (Wildman–Crippen MR) is 84.9 cm³/mol. The number of rotatable bonds is 3. The molecule has 1 N–H and O–H groups in total. The largest absolute Gasteiger partial charge is 0.489 e. The number of nitrogens with zero attached hydrogens (tertiary/aromatic N) is 1. The first kappa shape index (κ1) is 16.3. The lowest BCUT2D eigenvalue weighted by Crippen LogP contribution is -2.41. The molecule has 0 aromatic heterocycles. The van der Waals surface area contributed by atoms with E-state index in [0.717, 1.165) is 10.5 Å². The van der Waals surface area contributed by atoms with Gasteiger partial charge in [-0.05, 0) is 19.9 Å². The van der Waals surface area contributed by atoms with Gasteiger partial charge in [0.1, 0.15) is 17.4 Å².